The van der Waals surface area contributed by atoms with Crippen molar-refractivity contribution < 1.29 is 66.9 Å². The molecule has 0 spiro atoms. The number of esters is 1. The first-order valence-electron chi connectivity index (χ1n) is 25.6. The van der Waals surface area contributed by atoms with E-state index in [0.29, 0.717) is 41.0 Å². The van der Waals surface area contributed by atoms with Crippen molar-refractivity contribution in [3.8, 4) is 11.4 Å². The van der Waals surface area contributed by atoms with Crippen LogP contribution in [0, 0.1) is 24.6 Å². The molecule has 23 nitrogen and oxygen atoms in total. The molecule has 2 aromatic carbocycles. The van der Waals surface area contributed by atoms with Crippen LogP contribution in [-0.2, 0) is 89.8 Å². The molecular weight excluding hydrogens is 1020 g/mol. The molecule has 8 amide bonds. The monoisotopic (exact) mass is 1080 g/mol. The van der Waals surface area contributed by atoms with Crippen LogP contribution in [0.3, 0.4) is 0 Å². The average Bonchev–Trinajstić information content (AvgIpc) is 4.19. The number of nitrogens with one attached hydrogen (secondary N) is 5. The van der Waals surface area contributed by atoms with Gasteiger partial charge in [0.2, 0.25) is 35.4 Å². The molecule has 0 saturated heterocycles. The number of benzene rings is 2. The SMILES string of the molecule is CC.Cc1c(F)cc2nc3c(c4c2c1CCC4)Cn1c-3cc2c(c1=O)COC(=O)C2O.NC(=O)C1CC1COCNC(=O)CNC(=O)C(Cc1ccccc1)NC(=O)CNC(=O)CNC(=O)CCOCCN1C(=O)C=CC1=O. The highest BCUT2D eigenvalue weighted by atomic mass is 19.1. The Labute approximate surface area is 446 Å². The zero-order valence-corrected chi connectivity index (χ0v) is 43.4. The molecule has 2 aliphatic carbocycles. The minimum Gasteiger partial charge on any atom is -0.458 e. The number of fused-ring (bicyclic) bond motifs is 5. The Morgan fingerprint density at radius 1 is 0.846 bits per heavy atom. The summed E-state index contributed by atoms with van der Waals surface area (Å²) in [5.41, 5.74) is 11.8. The Kier molecular flexibility index (Phi) is 19.3. The molecule has 4 unspecified atom stereocenters. The smallest absolute Gasteiger partial charge is 0.340 e. The Morgan fingerprint density at radius 3 is 2.24 bits per heavy atom. The van der Waals surface area contributed by atoms with Gasteiger partial charge < -0.3 is 56.2 Å². The number of halogens is 1. The normalized spacial score (nSPS) is 17.4. The Hall–Kier alpha value is -8.22. The van der Waals surface area contributed by atoms with Crippen molar-refractivity contribution >= 4 is 64.1 Å². The highest BCUT2D eigenvalue weighted by Gasteiger charge is 2.42. The van der Waals surface area contributed by atoms with Crippen LogP contribution in [0.1, 0.15) is 78.2 Å². The van der Waals surface area contributed by atoms with Gasteiger partial charge >= 0.3 is 5.97 Å². The molecule has 1 saturated carbocycles. The molecule has 4 atom stereocenters. The van der Waals surface area contributed by atoms with Crippen LogP contribution >= 0.6 is 0 Å². The number of nitrogens with zero attached hydrogens (tertiary/aromatic N) is 3. The third-order valence-corrected chi connectivity index (χ3v) is 13.6. The van der Waals surface area contributed by atoms with E-state index >= 15 is 0 Å². The number of hydrogen-bond acceptors (Lipinski definition) is 15. The standard InChI is InChI=1S/C30H39N7O10.C22H17FN2O4.C2H6/c31-29(44)21-13-20(21)17-47-18-35-25(40)15-34-30(45)22(12-19-4-2-1-3-5-19)36-26(41)16-33-24(39)14-32-23(38)8-10-46-11-9-37-27(42)6-7-28(37)43;1-9-10-3-2-4-11-13-7-25-17(19(13)24-16(18(10)11)6-15(9)23)5-12-14(21(25)27)8-29-22(28)20(12)26;1-2/h1-7,20-22H,8-18H2,(H2,31,44)(H,32,38)(H,33,39)(H,34,45)(H,35,40)(H,36,41);5-6,20,26H,2-4,7-8H2,1H3;1-2H3. The quantitative estimate of drug-likeness (QED) is 0.0222. The summed E-state index contributed by atoms with van der Waals surface area (Å²) in [7, 11) is 0. The van der Waals surface area contributed by atoms with E-state index in [2.05, 4.69) is 26.6 Å². The summed E-state index contributed by atoms with van der Waals surface area (Å²) in [4.78, 5) is 126. The Balaban J connectivity index is 0.000000240. The highest BCUT2D eigenvalue weighted by molar-refractivity contribution is 6.12. The van der Waals surface area contributed by atoms with Gasteiger partial charge in [-0.3, -0.25) is 48.1 Å². The molecule has 3 aliphatic heterocycles. The maximum Gasteiger partial charge on any atom is 0.340 e. The number of rotatable bonds is 21. The molecule has 414 valence electrons. The van der Waals surface area contributed by atoms with Gasteiger partial charge in [0.25, 0.3) is 17.4 Å². The van der Waals surface area contributed by atoms with Crippen molar-refractivity contribution in [1.29, 1.82) is 0 Å². The maximum atomic E-state index is 14.5. The number of pyridine rings is 2. The molecule has 1 fully saturated rings. The van der Waals surface area contributed by atoms with Gasteiger partial charge in [-0.2, -0.15) is 0 Å². The molecule has 0 bridgehead atoms. The second-order valence-electron chi connectivity index (χ2n) is 18.7. The number of cyclic esters (lactones) is 1. The van der Waals surface area contributed by atoms with Crippen LogP contribution in [0.2, 0.25) is 0 Å². The molecule has 9 rings (SSSR count). The predicted octanol–water partition coefficient (Wildman–Crippen LogP) is 0.0837. The lowest BCUT2D eigenvalue weighted by Gasteiger charge is -2.22. The number of ether oxygens (including phenoxy) is 3. The minimum atomic E-state index is -1.48. The first kappa shape index (κ1) is 57.5. The molecule has 0 radical (unpaired) electrons. The van der Waals surface area contributed by atoms with E-state index in [1.165, 1.54) is 6.07 Å². The minimum absolute atomic E-state index is 0.000970. The van der Waals surface area contributed by atoms with Crippen molar-refractivity contribution in [3.05, 3.63) is 110 Å². The number of hydrogen-bond donors (Lipinski definition) is 7. The van der Waals surface area contributed by atoms with E-state index in [1.807, 2.05) is 13.8 Å². The summed E-state index contributed by atoms with van der Waals surface area (Å²) in [5, 5.41) is 23.5. The van der Waals surface area contributed by atoms with Gasteiger partial charge in [0.15, 0.2) is 6.10 Å². The summed E-state index contributed by atoms with van der Waals surface area (Å²) in [6, 6.07) is 10.9. The van der Waals surface area contributed by atoms with Crippen LogP contribution in [-0.4, -0.2) is 132 Å². The fourth-order valence-corrected chi connectivity index (χ4v) is 9.43. The van der Waals surface area contributed by atoms with Crippen LogP contribution in [0.25, 0.3) is 22.3 Å². The largest absolute Gasteiger partial charge is 0.458 e. The second kappa shape index (κ2) is 26.2. The fraction of sp³-hybridized carbons (Fsp3) is 0.426. The van der Waals surface area contributed by atoms with Crippen molar-refractivity contribution in [2.75, 3.05) is 52.7 Å². The molecule has 24 heteroatoms. The number of carbonyl (C=O) groups excluding carboxylic acids is 9. The van der Waals surface area contributed by atoms with Crippen molar-refractivity contribution in [2.45, 2.75) is 84.6 Å². The van der Waals surface area contributed by atoms with Gasteiger partial charge in [0, 0.05) is 53.5 Å². The number of amides is 8. The fourth-order valence-electron chi connectivity index (χ4n) is 9.43. The molecule has 5 aliphatic rings. The zero-order valence-electron chi connectivity index (χ0n) is 43.4. The third-order valence-electron chi connectivity index (χ3n) is 13.6. The first-order valence-corrected chi connectivity index (χ1v) is 25.6. The molecular formula is C54H62FN9O14. The van der Waals surface area contributed by atoms with Crippen LogP contribution in [0.15, 0.2) is 59.4 Å². The molecule has 4 aromatic rings. The molecule has 8 N–H and O–H groups in total. The number of aromatic nitrogens is 2. The topological polar surface area (TPSA) is 326 Å². The number of aryl methyl sites for hydroxylation is 2. The van der Waals surface area contributed by atoms with E-state index in [9.17, 15) is 57.4 Å². The first-order chi connectivity index (χ1) is 37.5. The van der Waals surface area contributed by atoms with E-state index in [4.69, 9.17) is 24.9 Å². The average molecular weight is 1080 g/mol. The maximum absolute atomic E-state index is 14.5. The van der Waals surface area contributed by atoms with Gasteiger partial charge in [-0.1, -0.05) is 44.2 Å². The van der Waals surface area contributed by atoms with Gasteiger partial charge in [0.1, 0.15) is 25.2 Å². The lowest BCUT2D eigenvalue weighted by molar-refractivity contribution is -0.157. The Bertz CT molecular complexity index is 3090. The van der Waals surface area contributed by atoms with E-state index in [-0.39, 0.29) is 93.8 Å². The van der Waals surface area contributed by atoms with Crippen molar-refractivity contribution in [2.24, 2.45) is 17.6 Å². The van der Waals surface area contributed by atoms with Crippen LogP contribution < -0.4 is 37.9 Å². The molecule has 5 heterocycles. The number of nitrogens with two attached hydrogens (primary N) is 1. The summed E-state index contributed by atoms with van der Waals surface area (Å²) in [5.74, 6) is -5.40. The summed E-state index contributed by atoms with van der Waals surface area (Å²) >= 11 is 0. The van der Waals surface area contributed by atoms with E-state index < -0.39 is 72.6 Å². The van der Waals surface area contributed by atoms with Crippen LogP contribution in [0.4, 0.5) is 4.39 Å². The number of aliphatic hydroxyl groups excluding tert-OH is 1. The second-order valence-corrected chi connectivity index (χ2v) is 18.7. The highest BCUT2D eigenvalue weighted by Crippen LogP contribution is 2.42. The lowest BCUT2D eigenvalue weighted by atomic mass is 9.85. The number of aliphatic hydroxyl groups is 1. The van der Waals surface area contributed by atoms with Crippen molar-refractivity contribution in [3.63, 3.8) is 0 Å². The molecule has 2 aromatic heterocycles. The van der Waals surface area contributed by atoms with Gasteiger partial charge in [-0.25, -0.2) is 14.2 Å². The number of primary amides is 1. The lowest BCUT2D eigenvalue weighted by Crippen LogP contribution is -2.52. The Morgan fingerprint density at radius 2 is 1.53 bits per heavy atom. The number of imide groups is 1. The van der Waals surface area contributed by atoms with Gasteiger partial charge in [0.05, 0.1) is 75.0 Å². The molecule has 78 heavy (non-hydrogen) atoms. The van der Waals surface area contributed by atoms with Gasteiger partial charge in [-0.05, 0) is 66.8 Å². The van der Waals surface area contributed by atoms with E-state index in [0.717, 1.165) is 64.0 Å². The van der Waals surface area contributed by atoms with E-state index in [1.54, 1.807) is 47.9 Å². The van der Waals surface area contributed by atoms with Crippen molar-refractivity contribution in [1.82, 2.24) is 41.0 Å². The zero-order chi connectivity index (χ0) is 56.2. The van der Waals surface area contributed by atoms with Crippen LogP contribution in [0.5, 0.6) is 0 Å². The van der Waals surface area contributed by atoms with Gasteiger partial charge in [-0.15, -0.1) is 0 Å². The summed E-state index contributed by atoms with van der Waals surface area (Å²) in [6.45, 7) is 5.04. The third kappa shape index (κ3) is 13.8. The predicted molar refractivity (Wildman–Crippen MR) is 276 cm³/mol. The number of carbonyl (C=O) groups is 9. The summed E-state index contributed by atoms with van der Waals surface area (Å²) in [6.07, 6.45) is 4.12. The summed E-state index contributed by atoms with van der Waals surface area (Å²) < 4.78 is 31.6.